The second kappa shape index (κ2) is 7.29. The Kier molecular flexibility index (Phi) is 4.88. The predicted molar refractivity (Wildman–Crippen MR) is 119 cm³/mol. The van der Waals surface area contributed by atoms with E-state index in [-0.39, 0.29) is 22.6 Å². The molecule has 5 rings (SSSR count). The molecular weight excluding hydrogens is 430 g/mol. The van der Waals surface area contributed by atoms with Crippen LogP contribution in [0.1, 0.15) is 60.9 Å². The molecule has 9 nitrogen and oxygen atoms in total. The summed E-state index contributed by atoms with van der Waals surface area (Å²) in [6.07, 6.45) is 6.29. The monoisotopic (exact) mass is 459 g/mol. The van der Waals surface area contributed by atoms with E-state index in [1.807, 2.05) is 0 Å². The van der Waals surface area contributed by atoms with Crippen LogP contribution in [0.15, 0.2) is 17.2 Å². The normalized spacial score (nSPS) is 24.4. The van der Waals surface area contributed by atoms with Crippen LogP contribution in [0, 0.1) is 4.78 Å². The Hall–Kier alpha value is -2.43. The Morgan fingerprint density at radius 2 is 2.19 bits per heavy atom. The Labute approximate surface area is 187 Å². The maximum absolute atomic E-state index is 13.7. The summed E-state index contributed by atoms with van der Waals surface area (Å²) in [6.45, 7) is 4.19. The first-order valence-corrected chi connectivity index (χ1v) is 12.5. The third-order valence-corrected chi connectivity index (χ3v) is 7.80. The smallest absolute Gasteiger partial charge is 0.253 e. The molecule has 0 bridgehead atoms. The van der Waals surface area contributed by atoms with E-state index in [1.165, 1.54) is 33.1 Å². The van der Waals surface area contributed by atoms with Crippen molar-refractivity contribution in [3.05, 3.63) is 34.5 Å². The van der Waals surface area contributed by atoms with Gasteiger partial charge in [0.1, 0.15) is 20.4 Å². The molecule has 0 radical (unpaired) electrons. The molecule has 10 heteroatoms. The van der Waals surface area contributed by atoms with Gasteiger partial charge >= 0.3 is 0 Å². The molecule has 172 valence electrons. The Bertz CT molecular complexity index is 1220. The van der Waals surface area contributed by atoms with Crippen molar-refractivity contribution in [3.8, 4) is 5.88 Å². The molecule has 2 unspecified atom stereocenters. The number of nitrogens with zero attached hydrogens (tertiary/aromatic N) is 2. The lowest BCUT2D eigenvalue weighted by atomic mass is 9.93. The van der Waals surface area contributed by atoms with Crippen LogP contribution in [0.5, 0.6) is 5.88 Å². The number of nitrogens with two attached hydrogens (primary N) is 1. The summed E-state index contributed by atoms with van der Waals surface area (Å²) >= 11 is 0. The molecule has 0 saturated carbocycles. The topological polar surface area (TPSA) is 132 Å². The van der Waals surface area contributed by atoms with Crippen molar-refractivity contribution < 1.29 is 18.5 Å². The van der Waals surface area contributed by atoms with E-state index < -0.39 is 21.6 Å². The summed E-state index contributed by atoms with van der Waals surface area (Å²) < 4.78 is 32.7. The highest BCUT2D eigenvalue weighted by atomic mass is 32.2. The minimum Gasteiger partial charge on any atom is -0.468 e. The number of amides is 1. The number of carbonyl (C=O) groups is 1. The Morgan fingerprint density at radius 1 is 1.41 bits per heavy atom. The first-order valence-electron chi connectivity index (χ1n) is 10.9. The zero-order valence-electron chi connectivity index (χ0n) is 18.6. The number of aryl methyl sites for hydroxylation is 2. The van der Waals surface area contributed by atoms with Gasteiger partial charge in [-0.1, -0.05) is 6.07 Å². The molecule has 32 heavy (non-hydrogen) atoms. The van der Waals surface area contributed by atoms with E-state index in [0.29, 0.717) is 6.61 Å². The largest absolute Gasteiger partial charge is 0.468 e. The number of benzene rings is 1. The summed E-state index contributed by atoms with van der Waals surface area (Å²) in [5, 5.41) is 13.0. The van der Waals surface area contributed by atoms with Crippen LogP contribution in [-0.2, 0) is 38.7 Å². The van der Waals surface area contributed by atoms with Crippen molar-refractivity contribution in [3.63, 3.8) is 0 Å². The first kappa shape index (κ1) is 21.4. The highest BCUT2D eigenvalue weighted by molar-refractivity contribution is 7.90. The van der Waals surface area contributed by atoms with Gasteiger partial charge in [-0.25, -0.2) is 18.8 Å². The number of nitrogens with one attached hydrogen (secondary N) is 2. The molecule has 2 aliphatic carbocycles. The molecule has 0 fully saturated rings. The third kappa shape index (κ3) is 3.23. The number of methoxy groups -OCH3 is 1. The van der Waals surface area contributed by atoms with Crippen LogP contribution in [0.3, 0.4) is 0 Å². The summed E-state index contributed by atoms with van der Waals surface area (Å²) in [5.41, 5.74) is 4.99. The van der Waals surface area contributed by atoms with Crippen LogP contribution in [0.25, 0.3) is 0 Å². The molecule has 0 spiro atoms. The number of carbonyl (C=O) groups excluding carboxylic acids is 1. The van der Waals surface area contributed by atoms with Gasteiger partial charge in [-0.15, -0.1) is 0 Å². The van der Waals surface area contributed by atoms with Gasteiger partial charge in [0.15, 0.2) is 6.04 Å². The average molecular weight is 460 g/mol. The fraction of sp³-hybridized carbons (Fsp3) is 0.545. The number of aromatic nitrogens is 2. The van der Waals surface area contributed by atoms with E-state index in [0.717, 1.165) is 37.8 Å². The van der Waals surface area contributed by atoms with E-state index in [2.05, 4.69) is 16.5 Å². The Morgan fingerprint density at radius 3 is 2.91 bits per heavy atom. The Balaban J connectivity index is 1.55. The van der Waals surface area contributed by atoms with Crippen molar-refractivity contribution in [1.82, 2.24) is 9.78 Å². The van der Waals surface area contributed by atoms with Gasteiger partial charge in [0.05, 0.1) is 12.8 Å². The lowest BCUT2D eigenvalue weighted by molar-refractivity contribution is -0.122. The zero-order valence-corrected chi connectivity index (χ0v) is 19.4. The SMILES string of the molecule is COC[C@H]1CCc2cc3c(c(NC(=O)C4n5ncc(S(=N)(N)=O)c5OC4(C)C)c21)CCC3. The van der Waals surface area contributed by atoms with Crippen molar-refractivity contribution >= 4 is 21.5 Å². The highest BCUT2D eigenvalue weighted by Crippen LogP contribution is 2.46. The van der Waals surface area contributed by atoms with E-state index in [9.17, 15) is 9.00 Å². The molecule has 1 aromatic heterocycles. The van der Waals surface area contributed by atoms with Gasteiger partial charge in [0.25, 0.3) is 5.91 Å². The molecule has 2 heterocycles. The van der Waals surface area contributed by atoms with Gasteiger partial charge in [-0.3, -0.25) is 4.79 Å². The van der Waals surface area contributed by atoms with Crippen LogP contribution >= 0.6 is 0 Å². The number of fused-ring (bicyclic) bond motifs is 3. The number of anilines is 1. The zero-order chi connectivity index (χ0) is 22.8. The van der Waals surface area contributed by atoms with Crippen molar-refractivity contribution in [1.29, 1.82) is 4.78 Å². The highest BCUT2D eigenvalue weighted by Gasteiger charge is 2.49. The maximum Gasteiger partial charge on any atom is 0.253 e. The standard InChI is InChI=1S/C22H29N5O4S/c1-22(2)19(27-21(31-22)16(10-25-27)32(23,24)29)20(28)26-18-15-6-4-5-12(15)9-13-7-8-14(11-30-3)17(13)18/h9-10,14,19H,4-8,11H2,1-3H3,(H,26,28)(H3,23,24,29)/t14-,19?/m1/s1. The molecule has 4 N–H and O–H groups in total. The molecule has 1 amide bonds. The van der Waals surface area contributed by atoms with Crippen molar-refractivity contribution in [2.75, 3.05) is 19.0 Å². The number of rotatable bonds is 5. The van der Waals surface area contributed by atoms with E-state index in [1.54, 1.807) is 21.0 Å². The second-order valence-corrected chi connectivity index (χ2v) is 11.1. The molecule has 2 aromatic rings. The van der Waals surface area contributed by atoms with Gasteiger partial charge in [-0.2, -0.15) is 5.10 Å². The molecule has 3 atom stereocenters. The fourth-order valence-corrected chi connectivity index (χ4v) is 6.12. The lowest BCUT2D eigenvalue weighted by Gasteiger charge is -2.26. The number of ether oxygens (including phenoxy) is 2. The maximum atomic E-state index is 13.7. The van der Waals surface area contributed by atoms with Crippen LogP contribution < -0.4 is 15.2 Å². The minimum absolute atomic E-state index is 0.00234. The lowest BCUT2D eigenvalue weighted by Crippen LogP contribution is -2.41. The molecule has 3 aliphatic rings. The number of hydrogen-bond donors (Lipinski definition) is 3. The fourth-order valence-electron chi connectivity index (χ4n) is 5.52. The third-order valence-electron chi connectivity index (χ3n) is 6.87. The molecule has 1 aromatic carbocycles. The molecule has 0 saturated heterocycles. The number of hydrogen-bond acceptors (Lipinski definition) is 6. The first-order chi connectivity index (χ1) is 15.1. The predicted octanol–water partition coefficient (Wildman–Crippen LogP) is 2.68. The second-order valence-electron chi connectivity index (χ2n) is 9.46. The average Bonchev–Trinajstić information content (AvgIpc) is 3.43. The summed E-state index contributed by atoms with van der Waals surface area (Å²) in [5.74, 6) is 0.127. The van der Waals surface area contributed by atoms with Crippen LogP contribution in [0.4, 0.5) is 5.69 Å². The van der Waals surface area contributed by atoms with Gasteiger partial charge in [0.2, 0.25) is 5.88 Å². The van der Waals surface area contributed by atoms with Crippen LogP contribution in [0.2, 0.25) is 0 Å². The quantitative estimate of drug-likeness (QED) is 0.632. The summed E-state index contributed by atoms with van der Waals surface area (Å²) in [4.78, 5) is 13.7. The van der Waals surface area contributed by atoms with Gasteiger partial charge in [-0.05, 0) is 68.2 Å². The summed E-state index contributed by atoms with van der Waals surface area (Å²) in [6, 6.07) is 1.53. The van der Waals surface area contributed by atoms with Crippen molar-refractivity contribution in [2.24, 2.45) is 5.14 Å². The minimum atomic E-state index is -3.53. The molecule has 1 aliphatic heterocycles. The van der Waals surface area contributed by atoms with Gasteiger partial charge in [0, 0.05) is 18.7 Å². The molecular formula is C22H29N5O4S. The summed E-state index contributed by atoms with van der Waals surface area (Å²) in [7, 11) is -1.82. The van der Waals surface area contributed by atoms with E-state index in [4.69, 9.17) is 19.4 Å². The van der Waals surface area contributed by atoms with E-state index >= 15 is 0 Å². The van der Waals surface area contributed by atoms with Crippen molar-refractivity contribution in [2.45, 2.75) is 68.4 Å². The van der Waals surface area contributed by atoms with Gasteiger partial charge < -0.3 is 14.8 Å². The van der Waals surface area contributed by atoms with Crippen LogP contribution in [-0.4, -0.2) is 39.2 Å².